The average Bonchev–Trinajstić information content (AvgIpc) is 2.54. The van der Waals surface area contributed by atoms with Gasteiger partial charge in [-0.1, -0.05) is 71.1 Å². The van der Waals surface area contributed by atoms with Crippen molar-refractivity contribution in [3.05, 3.63) is 0 Å². The molecule has 136 valence electrons. The molecule has 2 rings (SSSR count). The van der Waals surface area contributed by atoms with Gasteiger partial charge in [-0.3, -0.25) is 0 Å². The van der Waals surface area contributed by atoms with Gasteiger partial charge in [-0.25, -0.2) is 0 Å². The van der Waals surface area contributed by atoms with Crippen LogP contribution in [0.3, 0.4) is 0 Å². The molecule has 4 atom stereocenters. The molecule has 23 heavy (non-hydrogen) atoms. The number of rotatable bonds is 2. The SMILES string of the molecule is CC1CC(C)[C@@H](O)[C@H](OC2CCCCCCCCCCCC2)O1. The maximum absolute atomic E-state index is 10.4. The molecule has 3 nitrogen and oxygen atoms in total. The van der Waals surface area contributed by atoms with Gasteiger partial charge in [0, 0.05) is 0 Å². The van der Waals surface area contributed by atoms with Crippen LogP contribution in [0, 0.1) is 5.92 Å². The first kappa shape index (κ1) is 19.2. The van der Waals surface area contributed by atoms with E-state index in [-0.39, 0.29) is 18.1 Å². The van der Waals surface area contributed by atoms with Gasteiger partial charge in [-0.15, -0.1) is 0 Å². The summed E-state index contributed by atoms with van der Waals surface area (Å²) in [4.78, 5) is 0. The van der Waals surface area contributed by atoms with Crippen molar-refractivity contribution in [2.75, 3.05) is 0 Å². The van der Waals surface area contributed by atoms with Crippen LogP contribution in [0.2, 0.25) is 0 Å². The van der Waals surface area contributed by atoms with E-state index in [9.17, 15) is 5.11 Å². The fourth-order valence-electron chi connectivity index (χ4n) is 4.04. The van der Waals surface area contributed by atoms with Gasteiger partial charge in [0.1, 0.15) is 6.10 Å². The predicted molar refractivity (Wildman–Crippen MR) is 94.4 cm³/mol. The van der Waals surface area contributed by atoms with Crippen molar-refractivity contribution in [2.24, 2.45) is 5.92 Å². The van der Waals surface area contributed by atoms with Crippen LogP contribution < -0.4 is 0 Å². The van der Waals surface area contributed by atoms with E-state index in [4.69, 9.17) is 9.47 Å². The number of hydrogen-bond acceptors (Lipinski definition) is 3. The van der Waals surface area contributed by atoms with Crippen LogP contribution in [-0.4, -0.2) is 29.7 Å². The van der Waals surface area contributed by atoms with Gasteiger partial charge < -0.3 is 14.6 Å². The van der Waals surface area contributed by atoms with E-state index < -0.39 is 12.4 Å². The number of aliphatic hydroxyl groups is 1. The van der Waals surface area contributed by atoms with Crippen molar-refractivity contribution >= 4 is 0 Å². The standard InChI is InChI=1S/C20H38O3/c1-16-15-17(2)22-20(19(16)21)23-18-13-11-9-7-5-3-4-6-8-10-12-14-18/h16-21H,3-15H2,1-2H3/t16?,17?,19-,20+/m1/s1. The lowest BCUT2D eigenvalue weighted by molar-refractivity contribution is -0.268. The Morgan fingerprint density at radius 2 is 1.26 bits per heavy atom. The molecule has 0 spiro atoms. The molecule has 0 aromatic rings. The highest BCUT2D eigenvalue weighted by molar-refractivity contribution is 4.78. The van der Waals surface area contributed by atoms with Gasteiger partial charge in [0.2, 0.25) is 0 Å². The number of hydrogen-bond donors (Lipinski definition) is 1. The second kappa shape index (κ2) is 10.7. The summed E-state index contributed by atoms with van der Waals surface area (Å²) in [5, 5.41) is 10.4. The summed E-state index contributed by atoms with van der Waals surface area (Å²) in [7, 11) is 0. The number of ether oxygens (including phenoxy) is 2. The van der Waals surface area contributed by atoms with E-state index in [0.29, 0.717) is 0 Å². The molecule has 0 bridgehead atoms. The molecule has 0 aromatic heterocycles. The van der Waals surface area contributed by atoms with E-state index in [1.54, 1.807) is 0 Å². The van der Waals surface area contributed by atoms with Crippen LogP contribution in [0.1, 0.15) is 97.3 Å². The fourth-order valence-corrected chi connectivity index (χ4v) is 4.04. The molecular weight excluding hydrogens is 288 g/mol. The third kappa shape index (κ3) is 7.11. The van der Waals surface area contributed by atoms with Crippen LogP contribution in [0.15, 0.2) is 0 Å². The van der Waals surface area contributed by atoms with E-state index in [1.807, 2.05) is 0 Å². The highest BCUT2D eigenvalue weighted by atomic mass is 16.7. The summed E-state index contributed by atoms with van der Waals surface area (Å²) in [6.07, 6.45) is 16.2. The van der Waals surface area contributed by atoms with Crippen LogP contribution in [0.4, 0.5) is 0 Å². The number of aliphatic hydroxyl groups excluding tert-OH is 1. The summed E-state index contributed by atoms with van der Waals surface area (Å²) in [6.45, 7) is 4.19. The van der Waals surface area contributed by atoms with E-state index >= 15 is 0 Å². The van der Waals surface area contributed by atoms with Crippen LogP contribution >= 0.6 is 0 Å². The molecule has 3 heteroatoms. The lowest BCUT2D eigenvalue weighted by Crippen LogP contribution is -2.46. The second-order valence-corrected chi connectivity index (χ2v) is 7.89. The minimum atomic E-state index is -0.476. The molecule has 1 saturated carbocycles. The Balaban J connectivity index is 1.83. The van der Waals surface area contributed by atoms with Gasteiger partial charge in [-0.2, -0.15) is 0 Å². The molecule has 2 fully saturated rings. The average molecular weight is 327 g/mol. The highest BCUT2D eigenvalue weighted by Gasteiger charge is 2.35. The van der Waals surface area contributed by atoms with Crippen LogP contribution in [-0.2, 0) is 9.47 Å². The Kier molecular flexibility index (Phi) is 8.92. The second-order valence-electron chi connectivity index (χ2n) is 7.89. The summed E-state index contributed by atoms with van der Waals surface area (Å²) in [5.74, 6) is 0.263. The Morgan fingerprint density at radius 1 is 0.783 bits per heavy atom. The molecule has 1 aliphatic carbocycles. The third-order valence-electron chi connectivity index (χ3n) is 5.56. The van der Waals surface area contributed by atoms with Crippen molar-refractivity contribution in [3.8, 4) is 0 Å². The Labute approximate surface area is 143 Å². The van der Waals surface area contributed by atoms with E-state index in [0.717, 1.165) is 19.3 Å². The predicted octanol–water partition coefficient (Wildman–Crippen LogP) is 5.20. The summed E-state index contributed by atoms with van der Waals surface area (Å²) in [6, 6.07) is 0. The third-order valence-corrected chi connectivity index (χ3v) is 5.56. The van der Waals surface area contributed by atoms with Gasteiger partial charge >= 0.3 is 0 Å². The zero-order valence-electron chi connectivity index (χ0n) is 15.3. The quantitative estimate of drug-likeness (QED) is 0.758. The van der Waals surface area contributed by atoms with E-state index in [2.05, 4.69) is 13.8 Å². The maximum Gasteiger partial charge on any atom is 0.184 e. The van der Waals surface area contributed by atoms with Crippen molar-refractivity contribution in [2.45, 2.75) is 122 Å². The molecule has 1 saturated heterocycles. The molecule has 0 aromatic carbocycles. The van der Waals surface area contributed by atoms with E-state index in [1.165, 1.54) is 64.2 Å². The molecule has 2 unspecified atom stereocenters. The highest BCUT2D eigenvalue weighted by Crippen LogP contribution is 2.28. The summed E-state index contributed by atoms with van der Waals surface area (Å²) in [5.41, 5.74) is 0. The van der Waals surface area contributed by atoms with Gasteiger partial charge in [0.15, 0.2) is 6.29 Å². The minimum absolute atomic E-state index is 0.188. The molecule has 2 aliphatic rings. The Bertz CT molecular complexity index is 293. The van der Waals surface area contributed by atoms with Crippen LogP contribution in [0.25, 0.3) is 0 Å². The largest absolute Gasteiger partial charge is 0.388 e. The van der Waals surface area contributed by atoms with Crippen molar-refractivity contribution in [1.82, 2.24) is 0 Å². The molecule has 0 radical (unpaired) electrons. The van der Waals surface area contributed by atoms with Gasteiger partial charge in [-0.05, 0) is 32.1 Å². The summed E-state index contributed by atoms with van der Waals surface area (Å²) >= 11 is 0. The first-order valence-corrected chi connectivity index (χ1v) is 10.2. The molecule has 0 amide bonds. The zero-order chi connectivity index (χ0) is 16.5. The smallest absolute Gasteiger partial charge is 0.184 e. The Morgan fingerprint density at radius 3 is 1.78 bits per heavy atom. The van der Waals surface area contributed by atoms with Gasteiger partial charge in [0.05, 0.1) is 12.2 Å². The molecular formula is C20H38O3. The first-order chi connectivity index (χ1) is 11.2. The minimum Gasteiger partial charge on any atom is -0.388 e. The fraction of sp³-hybridized carbons (Fsp3) is 1.00. The van der Waals surface area contributed by atoms with Crippen molar-refractivity contribution in [1.29, 1.82) is 0 Å². The molecule has 1 aliphatic heterocycles. The maximum atomic E-state index is 10.4. The van der Waals surface area contributed by atoms with Gasteiger partial charge in [0.25, 0.3) is 0 Å². The monoisotopic (exact) mass is 326 g/mol. The lowest BCUT2D eigenvalue weighted by atomic mass is 9.94. The Hall–Kier alpha value is -0.120. The lowest BCUT2D eigenvalue weighted by Gasteiger charge is -2.38. The van der Waals surface area contributed by atoms with Crippen molar-refractivity contribution < 1.29 is 14.6 Å². The topological polar surface area (TPSA) is 38.7 Å². The molecule has 1 heterocycles. The summed E-state index contributed by atoms with van der Waals surface area (Å²) < 4.78 is 12.1. The van der Waals surface area contributed by atoms with Crippen LogP contribution in [0.5, 0.6) is 0 Å². The van der Waals surface area contributed by atoms with Crippen molar-refractivity contribution in [3.63, 3.8) is 0 Å². The first-order valence-electron chi connectivity index (χ1n) is 10.2. The molecule has 1 N–H and O–H groups in total. The zero-order valence-corrected chi connectivity index (χ0v) is 15.3. The normalized spacial score (nSPS) is 36.7.